The first kappa shape index (κ1) is 8.65. The van der Waals surface area contributed by atoms with Crippen molar-refractivity contribution < 1.29 is 9.26 Å². The second-order valence-electron chi connectivity index (χ2n) is 3.22. The molecule has 72 valence electrons. The van der Waals surface area contributed by atoms with Gasteiger partial charge in [0.2, 0.25) is 5.89 Å². The van der Waals surface area contributed by atoms with Crippen LogP contribution in [-0.2, 0) is 11.3 Å². The van der Waals surface area contributed by atoms with Gasteiger partial charge in [0.1, 0.15) is 0 Å². The molecule has 0 amide bonds. The Hall–Kier alpha value is -0.940. The van der Waals surface area contributed by atoms with E-state index >= 15 is 0 Å². The molecule has 2 heterocycles. The fraction of sp³-hybridized carbons (Fsp3) is 0.750. The maximum absolute atomic E-state index is 5.40. The van der Waals surface area contributed by atoms with Crippen LogP contribution in [0.25, 0.3) is 0 Å². The molecule has 1 aromatic heterocycles. The molecule has 1 fully saturated rings. The largest absolute Gasteiger partial charge is 0.378 e. The Kier molecular flexibility index (Phi) is 2.28. The van der Waals surface area contributed by atoms with Gasteiger partial charge in [-0.05, 0) is 13.3 Å². The predicted octanol–water partition coefficient (Wildman–Crippen LogP) is 0.421. The summed E-state index contributed by atoms with van der Waals surface area (Å²) in [4.78, 5) is 4.18. The molecule has 0 spiro atoms. The van der Waals surface area contributed by atoms with Gasteiger partial charge in [-0.3, -0.25) is 0 Å². The van der Waals surface area contributed by atoms with Gasteiger partial charge in [0.25, 0.3) is 0 Å². The predicted molar refractivity (Wildman–Crippen MR) is 45.0 cm³/mol. The molecule has 0 aliphatic carbocycles. The van der Waals surface area contributed by atoms with Gasteiger partial charge < -0.3 is 15.0 Å². The van der Waals surface area contributed by atoms with Crippen LogP contribution in [0.1, 0.15) is 31.0 Å². The first-order valence-corrected chi connectivity index (χ1v) is 4.45. The smallest absolute Gasteiger partial charge is 0.232 e. The van der Waals surface area contributed by atoms with E-state index in [1.54, 1.807) is 0 Å². The molecule has 1 aliphatic rings. The molecule has 1 saturated heterocycles. The lowest BCUT2D eigenvalue weighted by Gasteiger charge is -2.07. The standard InChI is InChI=1S/C8H13N3O2/c1-5-6(2-3-12-5)8-10-7(4-9)11-13-8/h5-6H,2-4,9H2,1H3. The molecule has 13 heavy (non-hydrogen) atoms. The van der Waals surface area contributed by atoms with Gasteiger partial charge in [-0.1, -0.05) is 5.16 Å². The van der Waals surface area contributed by atoms with E-state index in [4.69, 9.17) is 15.0 Å². The molecule has 0 aromatic carbocycles. The van der Waals surface area contributed by atoms with Crippen molar-refractivity contribution in [2.75, 3.05) is 6.61 Å². The van der Waals surface area contributed by atoms with Crippen LogP contribution in [0.5, 0.6) is 0 Å². The van der Waals surface area contributed by atoms with Crippen LogP contribution >= 0.6 is 0 Å². The van der Waals surface area contributed by atoms with E-state index < -0.39 is 0 Å². The minimum Gasteiger partial charge on any atom is -0.378 e. The third kappa shape index (κ3) is 1.57. The van der Waals surface area contributed by atoms with Crippen molar-refractivity contribution in [3.63, 3.8) is 0 Å². The molecule has 5 heteroatoms. The maximum Gasteiger partial charge on any atom is 0.232 e. The third-order valence-electron chi connectivity index (χ3n) is 2.36. The van der Waals surface area contributed by atoms with Gasteiger partial charge in [-0.15, -0.1) is 0 Å². The summed E-state index contributed by atoms with van der Waals surface area (Å²) < 4.78 is 10.5. The lowest BCUT2D eigenvalue weighted by atomic mass is 10.0. The zero-order valence-corrected chi connectivity index (χ0v) is 7.56. The highest BCUT2D eigenvalue weighted by molar-refractivity contribution is 4.98. The third-order valence-corrected chi connectivity index (χ3v) is 2.36. The van der Waals surface area contributed by atoms with Crippen molar-refractivity contribution in [2.45, 2.75) is 31.9 Å². The summed E-state index contributed by atoms with van der Waals surface area (Å²) in [5.41, 5.74) is 5.38. The number of ether oxygens (including phenoxy) is 1. The first-order valence-electron chi connectivity index (χ1n) is 4.45. The summed E-state index contributed by atoms with van der Waals surface area (Å²) in [7, 11) is 0. The topological polar surface area (TPSA) is 74.2 Å². The molecule has 0 bridgehead atoms. The Balaban J connectivity index is 2.15. The molecule has 1 aromatic rings. The highest BCUT2D eigenvalue weighted by atomic mass is 16.5. The van der Waals surface area contributed by atoms with Crippen LogP contribution in [0, 0.1) is 0 Å². The Morgan fingerprint density at radius 1 is 1.62 bits per heavy atom. The van der Waals surface area contributed by atoms with E-state index in [2.05, 4.69) is 10.1 Å². The fourth-order valence-electron chi connectivity index (χ4n) is 1.56. The second-order valence-corrected chi connectivity index (χ2v) is 3.22. The van der Waals surface area contributed by atoms with Crippen LogP contribution in [0.4, 0.5) is 0 Å². The van der Waals surface area contributed by atoms with Crippen molar-refractivity contribution in [1.82, 2.24) is 10.1 Å². The SMILES string of the molecule is CC1OCCC1c1nc(CN)no1. The van der Waals surface area contributed by atoms with Crippen molar-refractivity contribution >= 4 is 0 Å². The quantitative estimate of drug-likeness (QED) is 0.719. The van der Waals surface area contributed by atoms with Crippen LogP contribution < -0.4 is 5.73 Å². The normalized spacial score (nSPS) is 28.2. The monoisotopic (exact) mass is 183 g/mol. The summed E-state index contributed by atoms with van der Waals surface area (Å²) >= 11 is 0. The average Bonchev–Trinajstić information content (AvgIpc) is 2.71. The Morgan fingerprint density at radius 2 is 2.46 bits per heavy atom. The van der Waals surface area contributed by atoms with Crippen LogP contribution in [-0.4, -0.2) is 22.9 Å². The highest BCUT2D eigenvalue weighted by Crippen LogP contribution is 2.29. The van der Waals surface area contributed by atoms with Crippen molar-refractivity contribution in [2.24, 2.45) is 5.73 Å². The van der Waals surface area contributed by atoms with E-state index in [0.717, 1.165) is 13.0 Å². The summed E-state index contributed by atoms with van der Waals surface area (Å²) in [5, 5.41) is 3.75. The number of nitrogens with zero attached hydrogens (tertiary/aromatic N) is 2. The lowest BCUT2D eigenvalue weighted by Crippen LogP contribution is -2.09. The summed E-state index contributed by atoms with van der Waals surface area (Å²) in [6, 6.07) is 0. The van der Waals surface area contributed by atoms with Crippen molar-refractivity contribution in [3.8, 4) is 0 Å². The van der Waals surface area contributed by atoms with E-state index in [0.29, 0.717) is 18.3 Å². The molecular weight excluding hydrogens is 170 g/mol. The molecular formula is C8H13N3O2. The number of aromatic nitrogens is 2. The minimum absolute atomic E-state index is 0.172. The van der Waals surface area contributed by atoms with Crippen LogP contribution in [0.3, 0.4) is 0 Å². The highest BCUT2D eigenvalue weighted by Gasteiger charge is 2.30. The number of rotatable bonds is 2. The Bertz CT molecular complexity index is 287. The zero-order valence-electron chi connectivity index (χ0n) is 7.56. The van der Waals surface area contributed by atoms with Gasteiger partial charge in [0, 0.05) is 6.61 Å². The van der Waals surface area contributed by atoms with Gasteiger partial charge >= 0.3 is 0 Å². The molecule has 2 rings (SSSR count). The van der Waals surface area contributed by atoms with Gasteiger partial charge in [0.15, 0.2) is 5.82 Å². The average molecular weight is 183 g/mol. The van der Waals surface area contributed by atoms with Gasteiger partial charge in [0.05, 0.1) is 18.6 Å². The molecule has 5 nitrogen and oxygen atoms in total. The van der Waals surface area contributed by atoms with Crippen molar-refractivity contribution in [3.05, 3.63) is 11.7 Å². The van der Waals surface area contributed by atoms with E-state index in [1.165, 1.54) is 0 Å². The van der Waals surface area contributed by atoms with E-state index in [9.17, 15) is 0 Å². The number of hydrogen-bond acceptors (Lipinski definition) is 5. The Morgan fingerprint density at radius 3 is 3.00 bits per heavy atom. The van der Waals surface area contributed by atoms with Crippen LogP contribution in [0.2, 0.25) is 0 Å². The first-order chi connectivity index (χ1) is 6.31. The second kappa shape index (κ2) is 3.43. The molecule has 2 unspecified atom stereocenters. The summed E-state index contributed by atoms with van der Waals surface area (Å²) in [6.07, 6.45) is 1.12. The van der Waals surface area contributed by atoms with Crippen molar-refractivity contribution in [1.29, 1.82) is 0 Å². The van der Waals surface area contributed by atoms with E-state index in [1.807, 2.05) is 6.92 Å². The lowest BCUT2D eigenvalue weighted by molar-refractivity contribution is 0.113. The summed E-state index contributed by atoms with van der Waals surface area (Å²) in [6.45, 7) is 3.11. The minimum atomic E-state index is 0.172. The maximum atomic E-state index is 5.40. The van der Waals surface area contributed by atoms with Gasteiger partial charge in [-0.25, -0.2) is 0 Å². The van der Waals surface area contributed by atoms with Crippen LogP contribution in [0.15, 0.2) is 4.52 Å². The summed E-state index contributed by atoms with van der Waals surface area (Å²) in [5.74, 6) is 1.47. The molecule has 2 N–H and O–H groups in total. The molecule has 0 radical (unpaired) electrons. The Labute approximate surface area is 76.3 Å². The number of hydrogen-bond donors (Lipinski definition) is 1. The molecule has 1 aliphatic heterocycles. The fourth-order valence-corrected chi connectivity index (χ4v) is 1.56. The van der Waals surface area contributed by atoms with Gasteiger partial charge in [-0.2, -0.15) is 4.98 Å². The number of nitrogens with two attached hydrogens (primary N) is 1. The molecule has 2 atom stereocenters. The molecule has 0 saturated carbocycles. The zero-order chi connectivity index (χ0) is 9.26. The van der Waals surface area contributed by atoms with E-state index in [-0.39, 0.29) is 12.0 Å².